The molecule has 1 aliphatic heterocycles. The third kappa shape index (κ3) is 6.97. The van der Waals surface area contributed by atoms with E-state index in [1.807, 2.05) is 86.6 Å². The molecule has 0 bridgehead atoms. The quantitative estimate of drug-likeness (QED) is 0.228. The lowest BCUT2D eigenvalue weighted by atomic mass is 9.94. The third-order valence-electron chi connectivity index (χ3n) is 7.92. The molecule has 2 atom stereocenters. The van der Waals surface area contributed by atoms with Crippen molar-refractivity contribution in [2.75, 3.05) is 19.7 Å². The van der Waals surface area contributed by atoms with Crippen LogP contribution in [-0.4, -0.2) is 47.4 Å². The van der Waals surface area contributed by atoms with Gasteiger partial charge in [0.2, 0.25) is 11.8 Å². The van der Waals surface area contributed by atoms with Crippen molar-refractivity contribution in [3.8, 4) is 0 Å². The number of carbonyl (C=O) groups excluding carboxylic acids is 2. The molecule has 7 nitrogen and oxygen atoms in total. The van der Waals surface area contributed by atoms with Crippen molar-refractivity contribution in [1.29, 1.82) is 0 Å². The van der Waals surface area contributed by atoms with Crippen molar-refractivity contribution in [3.05, 3.63) is 118 Å². The Morgan fingerprint density at radius 2 is 1.69 bits per heavy atom. The van der Waals surface area contributed by atoms with E-state index in [1.54, 1.807) is 15.9 Å². The highest BCUT2D eigenvalue weighted by Gasteiger charge is 2.31. The zero-order chi connectivity index (χ0) is 29.5. The highest BCUT2D eigenvalue weighted by atomic mass is 16.5. The van der Waals surface area contributed by atoms with Crippen LogP contribution in [0.25, 0.3) is 11.0 Å². The van der Waals surface area contributed by atoms with Crippen LogP contribution in [0.2, 0.25) is 0 Å². The molecule has 1 aliphatic rings. The van der Waals surface area contributed by atoms with Crippen LogP contribution < -0.4 is 5.43 Å². The molecule has 2 amide bonds. The first-order valence-electron chi connectivity index (χ1n) is 14.7. The van der Waals surface area contributed by atoms with Crippen molar-refractivity contribution in [2.24, 2.45) is 0 Å². The molecular formula is C35H38N2O5. The summed E-state index contributed by atoms with van der Waals surface area (Å²) in [5.74, 6) is -0.691. The monoisotopic (exact) mass is 566 g/mol. The van der Waals surface area contributed by atoms with E-state index in [0.29, 0.717) is 42.6 Å². The average Bonchev–Trinajstić information content (AvgIpc) is 3.52. The third-order valence-corrected chi connectivity index (χ3v) is 7.92. The number of rotatable bonds is 11. The fourth-order valence-corrected chi connectivity index (χ4v) is 5.62. The van der Waals surface area contributed by atoms with Crippen LogP contribution in [0.1, 0.15) is 54.4 Å². The van der Waals surface area contributed by atoms with Gasteiger partial charge in [-0.1, -0.05) is 79.2 Å². The summed E-state index contributed by atoms with van der Waals surface area (Å²) in [6.07, 6.45) is 3.75. The number of nitrogens with zero attached hydrogens (tertiary/aromatic N) is 2. The fraction of sp³-hybridized carbons (Fsp3) is 0.343. The Bertz CT molecular complexity index is 1560. The van der Waals surface area contributed by atoms with E-state index in [1.165, 1.54) is 6.26 Å². The lowest BCUT2D eigenvalue weighted by Gasteiger charge is -2.31. The normalized spacial score (nSPS) is 15.4. The van der Waals surface area contributed by atoms with E-state index >= 15 is 0 Å². The molecule has 218 valence electrons. The van der Waals surface area contributed by atoms with Crippen LogP contribution in [0.5, 0.6) is 0 Å². The van der Waals surface area contributed by atoms with Crippen molar-refractivity contribution in [3.63, 3.8) is 0 Å². The number of amides is 2. The van der Waals surface area contributed by atoms with Gasteiger partial charge in [0, 0.05) is 19.7 Å². The lowest BCUT2D eigenvalue weighted by Crippen LogP contribution is -2.47. The maximum Gasteiger partial charge on any atom is 0.242 e. The van der Waals surface area contributed by atoms with E-state index in [4.69, 9.17) is 9.15 Å². The highest BCUT2D eigenvalue weighted by Crippen LogP contribution is 2.24. The topological polar surface area (TPSA) is 80.1 Å². The van der Waals surface area contributed by atoms with Crippen LogP contribution in [0.15, 0.2) is 94.3 Å². The van der Waals surface area contributed by atoms with E-state index < -0.39 is 0 Å². The number of fused-ring (bicyclic) bond motifs is 1. The number of aryl methyl sites for hydroxylation is 1. The molecule has 0 aliphatic carbocycles. The molecule has 0 radical (unpaired) electrons. The number of hydrogen-bond acceptors (Lipinski definition) is 5. The molecule has 0 saturated carbocycles. The molecule has 42 heavy (non-hydrogen) atoms. The van der Waals surface area contributed by atoms with Gasteiger partial charge in [0.05, 0.1) is 42.3 Å². The largest absolute Gasteiger partial charge is 0.464 e. The van der Waals surface area contributed by atoms with E-state index in [-0.39, 0.29) is 42.4 Å². The molecule has 4 aromatic rings. The first-order valence-corrected chi connectivity index (χ1v) is 14.7. The molecule has 2 unspecified atom stereocenters. The summed E-state index contributed by atoms with van der Waals surface area (Å²) in [7, 11) is 0. The smallest absolute Gasteiger partial charge is 0.242 e. The van der Waals surface area contributed by atoms with Gasteiger partial charge >= 0.3 is 0 Å². The lowest BCUT2D eigenvalue weighted by molar-refractivity contribution is -0.143. The van der Waals surface area contributed by atoms with Crippen LogP contribution in [0.3, 0.4) is 0 Å². The first kappa shape index (κ1) is 29.3. The molecule has 1 aromatic heterocycles. The molecule has 2 heterocycles. The van der Waals surface area contributed by atoms with E-state index in [0.717, 1.165) is 29.5 Å². The number of benzene rings is 3. The van der Waals surface area contributed by atoms with E-state index in [9.17, 15) is 14.4 Å². The molecule has 0 N–H and O–H groups in total. The minimum atomic E-state index is -0.362. The van der Waals surface area contributed by atoms with Gasteiger partial charge in [0.15, 0.2) is 5.43 Å². The Labute approximate surface area is 246 Å². The predicted octanol–water partition coefficient (Wildman–Crippen LogP) is 5.83. The fourth-order valence-electron chi connectivity index (χ4n) is 5.62. The number of ether oxygens (including phenoxy) is 1. The Morgan fingerprint density at radius 1 is 0.952 bits per heavy atom. The van der Waals surface area contributed by atoms with Gasteiger partial charge in [-0.2, -0.15) is 0 Å². The van der Waals surface area contributed by atoms with Crippen molar-refractivity contribution in [1.82, 2.24) is 9.80 Å². The summed E-state index contributed by atoms with van der Waals surface area (Å²) < 4.78 is 11.7. The van der Waals surface area contributed by atoms with Crippen molar-refractivity contribution < 1.29 is 18.7 Å². The molecule has 1 fully saturated rings. The first-order chi connectivity index (χ1) is 20.4. The standard InChI is InChI=1S/C35H38N2O5/c1-3-30(27-13-8-5-9-14-27)35(40)37(22-29-15-10-18-41-29)23-33(38)36(20-26-11-6-4-7-12-26)21-28-24-42-32-17-16-25(2)19-31(32)34(28)39/h4-9,11-14,16-17,19,24,29-30H,3,10,15,18,20-23H2,1-2H3. The Balaban J connectivity index is 1.44. The zero-order valence-electron chi connectivity index (χ0n) is 24.3. The average molecular weight is 567 g/mol. The number of carbonyl (C=O) groups is 2. The summed E-state index contributed by atoms with van der Waals surface area (Å²) >= 11 is 0. The summed E-state index contributed by atoms with van der Waals surface area (Å²) in [6, 6.07) is 24.9. The van der Waals surface area contributed by atoms with Gasteiger partial charge in [0.1, 0.15) is 5.58 Å². The Kier molecular flexibility index (Phi) is 9.49. The molecule has 1 saturated heterocycles. The summed E-state index contributed by atoms with van der Waals surface area (Å²) in [5.41, 5.74) is 3.56. The second kappa shape index (κ2) is 13.6. The molecule has 3 aromatic carbocycles. The van der Waals surface area contributed by atoms with Crippen LogP contribution in [0.4, 0.5) is 0 Å². The summed E-state index contributed by atoms with van der Waals surface area (Å²) in [6.45, 7) is 5.19. The van der Waals surface area contributed by atoms with Gasteiger partial charge in [0.25, 0.3) is 0 Å². The maximum atomic E-state index is 14.1. The van der Waals surface area contributed by atoms with Crippen LogP contribution in [-0.2, 0) is 27.4 Å². The molecule has 0 spiro atoms. The van der Waals surface area contributed by atoms with Gasteiger partial charge in [-0.3, -0.25) is 14.4 Å². The Hall–Kier alpha value is -4.23. The van der Waals surface area contributed by atoms with Crippen LogP contribution >= 0.6 is 0 Å². The molecule has 5 rings (SSSR count). The van der Waals surface area contributed by atoms with Crippen molar-refractivity contribution >= 4 is 22.8 Å². The minimum absolute atomic E-state index is 0.0673. The van der Waals surface area contributed by atoms with Crippen molar-refractivity contribution in [2.45, 2.75) is 58.2 Å². The second-order valence-corrected chi connectivity index (χ2v) is 11.1. The van der Waals surface area contributed by atoms with E-state index in [2.05, 4.69) is 0 Å². The van der Waals surface area contributed by atoms with Crippen LogP contribution in [0, 0.1) is 6.92 Å². The van der Waals surface area contributed by atoms with Gasteiger partial charge in [-0.25, -0.2) is 0 Å². The van der Waals surface area contributed by atoms with Gasteiger partial charge in [-0.15, -0.1) is 0 Å². The minimum Gasteiger partial charge on any atom is -0.464 e. The maximum absolute atomic E-state index is 14.1. The zero-order valence-corrected chi connectivity index (χ0v) is 24.3. The highest BCUT2D eigenvalue weighted by molar-refractivity contribution is 5.88. The number of hydrogen-bond donors (Lipinski definition) is 0. The second-order valence-electron chi connectivity index (χ2n) is 11.1. The SMILES string of the molecule is CCC(C(=O)N(CC(=O)N(Cc1ccccc1)Cc1coc2ccc(C)cc2c1=O)CC1CCCO1)c1ccccc1. The summed E-state index contributed by atoms with van der Waals surface area (Å²) in [5, 5.41) is 0.489. The summed E-state index contributed by atoms with van der Waals surface area (Å²) in [4.78, 5) is 44.8. The molecule has 7 heteroatoms. The Morgan fingerprint density at radius 3 is 2.38 bits per heavy atom. The predicted molar refractivity (Wildman–Crippen MR) is 163 cm³/mol. The molecular weight excluding hydrogens is 528 g/mol. The van der Waals surface area contributed by atoms with Gasteiger partial charge in [-0.05, 0) is 49.4 Å². The van der Waals surface area contributed by atoms with Gasteiger partial charge < -0.3 is 19.0 Å².